The second kappa shape index (κ2) is 6.64. The smallest absolute Gasteiger partial charge is 0.0451 e. The van der Waals surface area contributed by atoms with E-state index in [0.29, 0.717) is 6.04 Å². The molecule has 0 aromatic heterocycles. The average molecular weight is 271 g/mol. The molecule has 17 heavy (non-hydrogen) atoms. The van der Waals surface area contributed by atoms with Gasteiger partial charge in [-0.05, 0) is 18.7 Å². The van der Waals surface area contributed by atoms with Crippen molar-refractivity contribution in [3.63, 3.8) is 0 Å². The molecule has 0 amide bonds. The molecule has 94 valence electrons. The molecule has 1 aliphatic heterocycles. The topological polar surface area (TPSA) is 15.3 Å². The van der Waals surface area contributed by atoms with Crippen molar-refractivity contribution < 1.29 is 0 Å². The minimum Gasteiger partial charge on any atom is -0.311 e. The maximum atomic E-state index is 6.16. The predicted molar refractivity (Wildman–Crippen MR) is 76.9 cm³/mol. The van der Waals surface area contributed by atoms with Crippen molar-refractivity contribution in [3.05, 3.63) is 34.9 Å². The van der Waals surface area contributed by atoms with E-state index in [1.807, 2.05) is 30.0 Å². The fourth-order valence-electron chi connectivity index (χ4n) is 2.10. The molecule has 4 heteroatoms. The number of nitrogens with zero attached hydrogens (tertiary/aromatic N) is 1. The average Bonchev–Trinajstić information content (AvgIpc) is 2.33. The number of hydrogen-bond acceptors (Lipinski definition) is 3. The largest absolute Gasteiger partial charge is 0.311 e. The van der Waals surface area contributed by atoms with Gasteiger partial charge in [0.15, 0.2) is 0 Å². The third-order valence-electron chi connectivity index (χ3n) is 2.93. The molecule has 1 heterocycles. The molecule has 1 aliphatic rings. The first-order valence-corrected chi connectivity index (χ1v) is 7.52. The Morgan fingerprint density at radius 3 is 3.00 bits per heavy atom. The van der Waals surface area contributed by atoms with E-state index in [1.54, 1.807) is 0 Å². The van der Waals surface area contributed by atoms with Crippen molar-refractivity contribution in [2.75, 3.05) is 31.6 Å². The maximum absolute atomic E-state index is 6.16. The van der Waals surface area contributed by atoms with Crippen molar-refractivity contribution in [1.82, 2.24) is 10.2 Å². The minimum absolute atomic E-state index is 0.612. The van der Waals surface area contributed by atoms with E-state index in [-0.39, 0.29) is 0 Å². The lowest BCUT2D eigenvalue weighted by Crippen LogP contribution is -2.44. The lowest BCUT2D eigenvalue weighted by molar-refractivity contribution is 0.292. The van der Waals surface area contributed by atoms with Crippen LogP contribution in [-0.2, 0) is 6.54 Å². The zero-order valence-electron chi connectivity index (χ0n) is 10.2. The summed E-state index contributed by atoms with van der Waals surface area (Å²) < 4.78 is 0. The van der Waals surface area contributed by atoms with E-state index >= 15 is 0 Å². The van der Waals surface area contributed by atoms with Gasteiger partial charge in [-0.3, -0.25) is 0 Å². The van der Waals surface area contributed by atoms with Gasteiger partial charge in [0.1, 0.15) is 0 Å². The van der Waals surface area contributed by atoms with Crippen LogP contribution < -0.4 is 5.32 Å². The Hall–Kier alpha value is -0.220. The highest BCUT2D eigenvalue weighted by Crippen LogP contribution is 2.17. The van der Waals surface area contributed by atoms with Crippen molar-refractivity contribution in [2.24, 2.45) is 0 Å². The summed E-state index contributed by atoms with van der Waals surface area (Å²) in [6.45, 7) is 3.13. The van der Waals surface area contributed by atoms with E-state index < -0.39 is 0 Å². The highest BCUT2D eigenvalue weighted by molar-refractivity contribution is 7.99. The van der Waals surface area contributed by atoms with Crippen LogP contribution in [0, 0.1) is 0 Å². The van der Waals surface area contributed by atoms with Crippen LogP contribution in [0.15, 0.2) is 24.3 Å². The first-order valence-electron chi connectivity index (χ1n) is 5.99. The molecule has 1 atom stereocenters. The predicted octanol–water partition coefficient (Wildman–Crippen LogP) is 2.48. The number of thioether (sulfide) groups is 1. The summed E-state index contributed by atoms with van der Waals surface area (Å²) in [5.41, 5.74) is 1.21. The second-order valence-electron chi connectivity index (χ2n) is 4.51. The number of hydrogen-bond donors (Lipinski definition) is 1. The Balaban J connectivity index is 1.84. The first-order chi connectivity index (χ1) is 8.25. The molecule has 0 aliphatic carbocycles. The number of rotatable bonds is 4. The van der Waals surface area contributed by atoms with Gasteiger partial charge in [0.25, 0.3) is 0 Å². The Bertz CT molecular complexity index is 353. The van der Waals surface area contributed by atoms with Crippen LogP contribution >= 0.6 is 23.4 Å². The third kappa shape index (κ3) is 4.18. The van der Waals surface area contributed by atoms with Crippen LogP contribution in [0.2, 0.25) is 5.02 Å². The van der Waals surface area contributed by atoms with Crippen molar-refractivity contribution in [1.29, 1.82) is 0 Å². The van der Waals surface area contributed by atoms with Gasteiger partial charge in [0.05, 0.1) is 0 Å². The van der Waals surface area contributed by atoms with E-state index in [0.717, 1.165) is 24.7 Å². The summed E-state index contributed by atoms with van der Waals surface area (Å²) in [5, 5.41) is 4.42. The van der Waals surface area contributed by atoms with E-state index in [4.69, 9.17) is 11.6 Å². The van der Waals surface area contributed by atoms with Gasteiger partial charge >= 0.3 is 0 Å². The van der Waals surface area contributed by atoms with Crippen molar-refractivity contribution >= 4 is 23.4 Å². The van der Waals surface area contributed by atoms with Crippen LogP contribution in [0.5, 0.6) is 0 Å². The summed E-state index contributed by atoms with van der Waals surface area (Å²) in [4.78, 5) is 2.34. The molecule has 0 bridgehead atoms. The van der Waals surface area contributed by atoms with Crippen molar-refractivity contribution in [2.45, 2.75) is 12.6 Å². The molecular weight excluding hydrogens is 252 g/mol. The zero-order chi connectivity index (χ0) is 12.1. The first kappa shape index (κ1) is 13.2. The minimum atomic E-state index is 0.612. The Kier molecular flexibility index (Phi) is 5.16. The summed E-state index contributed by atoms with van der Waals surface area (Å²) in [6.07, 6.45) is 0. The van der Waals surface area contributed by atoms with Gasteiger partial charge in [-0.1, -0.05) is 29.8 Å². The van der Waals surface area contributed by atoms with Gasteiger partial charge in [-0.15, -0.1) is 0 Å². The lowest BCUT2D eigenvalue weighted by Gasteiger charge is -2.28. The fourth-order valence-corrected chi connectivity index (χ4v) is 3.23. The fraction of sp³-hybridized carbons (Fsp3) is 0.538. The third-order valence-corrected chi connectivity index (χ3v) is 4.43. The molecule has 1 saturated heterocycles. The molecular formula is C13H19ClN2S. The normalized spacial score (nSPS) is 20.8. The van der Waals surface area contributed by atoms with Gasteiger partial charge < -0.3 is 10.2 Å². The lowest BCUT2D eigenvalue weighted by atomic mass is 10.2. The SMILES string of the molecule is CN(Cc1ccccc1Cl)CC1CSCCN1. The number of nitrogens with one attached hydrogen (secondary N) is 1. The molecule has 1 aromatic rings. The molecule has 0 radical (unpaired) electrons. The van der Waals surface area contributed by atoms with E-state index in [2.05, 4.69) is 23.3 Å². The van der Waals surface area contributed by atoms with Crippen molar-refractivity contribution in [3.8, 4) is 0 Å². The number of halogens is 1. The highest BCUT2D eigenvalue weighted by Gasteiger charge is 2.15. The Labute approximate surface area is 113 Å². The molecule has 0 saturated carbocycles. The molecule has 1 fully saturated rings. The molecule has 0 spiro atoms. The van der Waals surface area contributed by atoms with Gasteiger partial charge in [0.2, 0.25) is 0 Å². The van der Waals surface area contributed by atoms with Gasteiger partial charge in [-0.25, -0.2) is 0 Å². The maximum Gasteiger partial charge on any atom is 0.0451 e. The Morgan fingerprint density at radius 2 is 2.29 bits per heavy atom. The molecule has 2 rings (SSSR count). The zero-order valence-corrected chi connectivity index (χ0v) is 11.7. The molecule has 1 N–H and O–H groups in total. The molecule has 2 nitrogen and oxygen atoms in total. The quantitative estimate of drug-likeness (QED) is 0.905. The molecule has 1 unspecified atom stereocenters. The van der Waals surface area contributed by atoms with Crippen LogP contribution in [0.4, 0.5) is 0 Å². The van der Waals surface area contributed by atoms with Crippen LogP contribution in [-0.4, -0.2) is 42.6 Å². The second-order valence-corrected chi connectivity index (χ2v) is 6.07. The van der Waals surface area contributed by atoms with Gasteiger partial charge in [0, 0.05) is 42.2 Å². The monoisotopic (exact) mass is 270 g/mol. The highest BCUT2D eigenvalue weighted by atomic mass is 35.5. The summed E-state index contributed by atoms with van der Waals surface area (Å²) in [5.74, 6) is 2.46. The summed E-state index contributed by atoms with van der Waals surface area (Å²) in [7, 11) is 2.16. The van der Waals surface area contributed by atoms with Crippen LogP contribution in [0.25, 0.3) is 0 Å². The van der Waals surface area contributed by atoms with Gasteiger partial charge in [-0.2, -0.15) is 11.8 Å². The van der Waals surface area contributed by atoms with Crippen LogP contribution in [0.3, 0.4) is 0 Å². The van der Waals surface area contributed by atoms with E-state index in [1.165, 1.54) is 17.1 Å². The summed E-state index contributed by atoms with van der Waals surface area (Å²) >= 11 is 8.20. The number of benzene rings is 1. The standard InChI is InChI=1S/C13H19ClN2S/c1-16(9-12-10-17-7-6-15-12)8-11-4-2-3-5-13(11)14/h2-5,12,15H,6-10H2,1H3. The number of likely N-dealkylation sites (N-methyl/N-ethyl adjacent to an activating group) is 1. The van der Waals surface area contributed by atoms with Crippen LogP contribution in [0.1, 0.15) is 5.56 Å². The molecule has 1 aromatic carbocycles. The summed E-state index contributed by atoms with van der Waals surface area (Å²) in [6, 6.07) is 8.69. The Morgan fingerprint density at radius 1 is 1.47 bits per heavy atom. The van der Waals surface area contributed by atoms with E-state index in [9.17, 15) is 0 Å².